The molecule has 22 heavy (non-hydrogen) atoms. The third-order valence-electron chi connectivity index (χ3n) is 2.57. The molecule has 1 rings (SSSR count). The molecular weight excluding hydrogens is 321 g/mol. The van der Waals surface area contributed by atoms with E-state index in [1.807, 2.05) is 0 Å². The number of carbonyl (C=O) groups excluding carboxylic acids is 1. The SMILES string of the molecule is C=CCOc1ccc(C(F)(F)F)cc1C(=O)NCCNC.Cl. The highest BCUT2D eigenvalue weighted by atomic mass is 35.5. The van der Waals surface area contributed by atoms with Gasteiger partial charge in [0.1, 0.15) is 12.4 Å². The fraction of sp³-hybridized carbons (Fsp3) is 0.357. The zero-order valence-corrected chi connectivity index (χ0v) is 12.8. The summed E-state index contributed by atoms with van der Waals surface area (Å²) in [6.07, 6.45) is -3.07. The van der Waals surface area contributed by atoms with Crippen LogP contribution in [-0.2, 0) is 6.18 Å². The van der Waals surface area contributed by atoms with Gasteiger partial charge in [-0.25, -0.2) is 0 Å². The molecule has 0 bridgehead atoms. The van der Waals surface area contributed by atoms with Gasteiger partial charge >= 0.3 is 6.18 Å². The molecule has 0 spiro atoms. The molecule has 1 amide bonds. The highest BCUT2D eigenvalue weighted by Crippen LogP contribution is 2.32. The second kappa shape index (κ2) is 9.32. The van der Waals surface area contributed by atoms with Gasteiger partial charge in [-0.1, -0.05) is 12.7 Å². The Morgan fingerprint density at radius 3 is 2.59 bits per heavy atom. The van der Waals surface area contributed by atoms with Crippen LogP contribution in [0.4, 0.5) is 13.2 Å². The summed E-state index contributed by atoms with van der Waals surface area (Å²) in [4.78, 5) is 12.0. The van der Waals surface area contributed by atoms with Crippen LogP contribution in [0.5, 0.6) is 5.75 Å². The topological polar surface area (TPSA) is 50.4 Å². The number of rotatable bonds is 7. The van der Waals surface area contributed by atoms with E-state index < -0.39 is 17.6 Å². The molecule has 2 N–H and O–H groups in total. The van der Waals surface area contributed by atoms with E-state index in [9.17, 15) is 18.0 Å². The normalized spacial score (nSPS) is 10.5. The molecule has 8 heteroatoms. The Kier molecular flexibility index (Phi) is 8.59. The smallest absolute Gasteiger partial charge is 0.416 e. The van der Waals surface area contributed by atoms with Crippen LogP contribution >= 0.6 is 12.4 Å². The molecule has 0 unspecified atom stereocenters. The van der Waals surface area contributed by atoms with Gasteiger partial charge in [0, 0.05) is 13.1 Å². The van der Waals surface area contributed by atoms with Gasteiger partial charge in [0.2, 0.25) is 0 Å². The first-order valence-electron chi connectivity index (χ1n) is 6.28. The van der Waals surface area contributed by atoms with Gasteiger partial charge in [0.15, 0.2) is 0 Å². The molecule has 0 radical (unpaired) electrons. The first-order valence-corrected chi connectivity index (χ1v) is 6.28. The Balaban J connectivity index is 0.00000441. The maximum absolute atomic E-state index is 12.7. The van der Waals surface area contributed by atoms with Crippen LogP contribution in [0.2, 0.25) is 0 Å². The van der Waals surface area contributed by atoms with Crippen molar-refractivity contribution >= 4 is 18.3 Å². The molecule has 4 nitrogen and oxygen atoms in total. The van der Waals surface area contributed by atoms with Crippen molar-refractivity contribution in [3.05, 3.63) is 42.0 Å². The van der Waals surface area contributed by atoms with Crippen LogP contribution in [0.3, 0.4) is 0 Å². The summed E-state index contributed by atoms with van der Waals surface area (Å²) in [6.45, 7) is 4.36. The van der Waals surface area contributed by atoms with Crippen molar-refractivity contribution in [2.75, 3.05) is 26.7 Å². The highest BCUT2D eigenvalue weighted by molar-refractivity contribution is 5.97. The second-order valence-electron chi connectivity index (χ2n) is 4.17. The molecule has 0 aliphatic carbocycles. The number of alkyl halides is 3. The van der Waals surface area contributed by atoms with E-state index in [4.69, 9.17) is 4.74 Å². The molecule has 1 aromatic carbocycles. The van der Waals surface area contributed by atoms with Crippen LogP contribution in [0.1, 0.15) is 15.9 Å². The van der Waals surface area contributed by atoms with Crippen LogP contribution in [0.15, 0.2) is 30.9 Å². The minimum absolute atomic E-state index is 0. The summed E-state index contributed by atoms with van der Waals surface area (Å²) in [5.41, 5.74) is -1.05. The third-order valence-corrected chi connectivity index (χ3v) is 2.57. The first kappa shape index (κ1) is 20.3. The number of carbonyl (C=O) groups is 1. The average Bonchev–Trinajstić information content (AvgIpc) is 2.44. The van der Waals surface area contributed by atoms with Crippen molar-refractivity contribution in [1.29, 1.82) is 0 Å². The fourth-order valence-corrected chi connectivity index (χ4v) is 1.55. The maximum Gasteiger partial charge on any atom is 0.416 e. The minimum atomic E-state index is -4.52. The lowest BCUT2D eigenvalue weighted by molar-refractivity contribution is -0.137. The highest BCUT2D eigenvalue weighted by Gasteiger charge is 2.32. The van der Waals surface area contributed by atoms with Crippen molar-refractivity contribution in [3.63, 3.8) is 0 Å². The molecule has 0 saturated carbocycles. The lowest BCUT2D eigenvalue weighted by Gasteiger charge is -2.14. The van der Waals surface area contributed by atoms with E-state index in [1.54, 1.807) is 7.05 Å². The van der Waals surface area contributed by atoms with Crippen molar-refractivity contribution in [2.45, 2.75) is 6.18 Å². The average molecular weight is 339 g/mol. The number of ether oxygens (including phenoxy) is 1. The number of nitrogens with one attached hydrogen (secondary N) is 2. The second-order valence-corrected chi connectivity index (χ2v) is 4.17. The number of hydrogen-bond acceptors (Lipinski definition) is 3. The Labute approximate surface area is 133 Å². The van der Waals surface area contributed by atoms with E-state index >= 15 is 0 Å². The van der Waals surface area contributed by atoms with Gasteiger partial charge in [0.25, 0.3) is 5.91 Å². The van der Waals surface area contributed by atoms with E-state index in [-0.39, 0.29) is 30.3 Å². The Hall–Kier alpha value is -1.73. The molecule has 1 aromatic rings. The van der Waals surface area contributed by atoms with Gasteiger partial charge in [-0.3, -0.25) is 4.79 Å². The Morgan fingerprint density at radius 1 is 1.36 bits per heavy atom. The predicted molar refractivity (Wildman–Crippen MR) is 80.6 cm³/mol. The van der Waals surface area contributed by atoms with Crippen molar-refractivity contribution in [1.82, 2.24) is 10.6 Å². The molecular formula is C14H18ClF3N2O2. The number of amides is 1. The predicted octanol–water partition coefficient (Wildman–Crippen LogP) is 2.64. The quantitative estimate of drug-likeness (QED) is 0.593. The van der Waals surface area contributed by atoms with Gasteiger partial charge in [0.05, 0.1) is 11.1 Å². The molecule has 0 saturated heterocycles. The van der Waals surface area contributed by atoms with Gasteiger partial charge in [-0.15, -0.1) is 12.4 Å². The monoisotopic (exact) mass is 338 g/mol. The number of hydrogen-bond donors (Lipinski definition) is 2. The van der Waals surface area contributed by atoms with Crippen LogP contribution in [-0.4, -0.2) is 32.7 Å². The van der Waals surface area contributed by atoms with E-state index in [0.717, 1.165) is 18.2 Å². The van der Waals surface area contributed by atoms with Gasteiger partial charge in [-0.2, -0.15) is 13.2 Å². The van der Waals surface area contributed by atoms with Crippen LogP contribution < -0.4 is 15.4 Å². The van der Waals surface area contributed by atoms with Gasteiger partial charge < -0.3 is 15.4 Å². The summed E-state index contributed by atoms with van der Waals surface area (Å²) >= 11 is 0. The molecule has 0 aliphatic heterocycles. The first-order chi connectivity index (χ1) is 9.90. The standard InChI is InChI=1S/C14H17F3N2O2.ClH/c1-3-8-21-12-5-4-10(14(15,16)17)9-11(12)13(20)19-7-6-18-2;/h3-5,9,18H,1,6-8H2,2H3,(H,19,20);1H. The van der Waals surface area contributed by atoms with E-state index in [0.29, 0.717) is 13.1 Å². The van der Waals surface area contributed by atoms with E-state index in [1.165, 1.54) is 6.08 Å². The zero-order chi connectivity index (χ0) is 15.9. The molecule has 0 fully saturated rings. The summed E-state index contributed by atoms with van der Waals surface area (Å²) in [5, 5.41) is 5.34. The van der Waals surface area contributed by atoms with Crippen molar-refractivity contribution < 1.29 is 22.7 Å². The third kappa shape index (κ3) is 5.95. The van der Waals surface area contributed by atoms with Crippen molar-refractivity contribution in [2.24, 2.45) is 0 Å². The number of halogens is 4. The lowest BCUT2D eigenvalue weighted by atomic mass is 10.1. The van der Waals surface area contributed by atoms with Gasteiger partial charge in [-0.05, 0) is 25.2 Å². The maximum atomic E-state index is 12.7. The van der Waals surface area contributed by atoms with Crippen molar-refractivity contribution in [3.8, 4) is 5.75 Å². The molecule has 0 aromatic heterocycles. The minimum Gasteiger partial charge on any atom is -0.489 e. The molecule has 124 valence electrons. The summed E-state index contributed by atoms with van der Waals surface area (Å²) in [5.74, 6) is -0.528. The molecule has 0 heterocycles. The lowest BCUT2D eigenvalue weighted by Crippen LogP contribution is -2.31. The number of likely N-dealkylation sites (N-methyl/N-ethyl adjacent to an activating group) is 1. The summed E-state index contributed by atoms with van der Waals surface area (Å²) in [7, 11) is 1.70. The summed E-state index contributed by atoms with van der Waals surface area (Å²) in [6, 6.07) is 2.80. The molecule has 0 atom stereocenters. The Bertz CT molecular complexity index is 507. The fourth-order valence-electron chi connectivity index (χ4n) is 1.55. The summed E-state index contributed by atoms with van der Waals surface area (Å²) < 4.78 is 43.4. The molecule has 0 aliphatic rings. The number of benzene rings is 1. The van der Waals surface area contributed by atoms with E-state index in [2.05, 4.69) is 17.2 Å². The van der Waals surface area contributed by atoms with Crippen LogP contribution in [0, 0.1) is 0 Å². The Morgan fingerprint density at radius 2 is 2.05 bits per heavy atom. The zero-order valence-electron chi connectivity index (χ0n) is 12.0. The largest absolute Gasteiger partial charge is 0.489 e. The van der Waals surface area contributed by atoms with Crippen LogP contribution in [0.25, 0.3) is 0 Å².